The Hall–Kier alpha value is -0.600. The van der Waals surface area contributed by atoms with Crippen molar-refractivity contribution < 1.29 is 11.0 Å². The van der Waals surface area contributed by atoms with Crippen LogP contribution in [0.5, 0.6) is 0 Å². The summed E-state index contributed by atoms with van der Waals surface area (Å²) >= 11 is 5.95. The van der Waals surface area contributed by atoms with Crippen molar-refractivity contribution in [1.82, 2.24) is 0 Å². The Morgan fingerprint density at radius 3 is 1.21 bits per heavy atom. The van der Waals surface area contributed by atoms with Gasteiger partial charge in [0.2, 0.25) is 0 Å². The van der Waals surface area contributed by atoms with Gasteiger partial charge in [0.1, 0.15) is 0 Å². The normalized spacial score (nSPS) is 18.1. The summed E-state index contributed by atoms with van der Waals surface area (Å²) in [6.45, 7) is 0. The van der Waals surface area contributed by atoms with Crippen LogP contribution in [-0.2, 0) is 0 Å². The molecule has 0 amide bonds. The highest BCUT2D eigenvalue weighted by atomic mass is 79.9. The van der Waals surface area contributed by atoms with Crippen molar-refractivity contribution in [3.63, 3.8) is 0 Å². The van der Waals surface area contributed by atoms with Crippen LogP contribution in [-0.4, -0.2) is 0 Å². The van der Waals surface area contributed by atoms with Crippen LogP contribution in [0.25, 0.3) is 11.1 Å². The summed E-state index contributed by atoms with van der Waals surface area (Å²) in [5, 5.41) is 0. The largest absolute Gasteiger partial charge is 0.0635 e. The lowest BCUT2D eigenvalue weighted by molar-refractivity contribution is 1.58. The van der Waals surface area contributed by atoms with E-state index in [4.69, 9.17) is 11.0 Å². The molecule has 0 aromatic heterocycles. The summed E-state index contributed by atoms with van der Waals surface area (Å²) in [6.07, 6.45) is 0. The van der Waals surface area contributed by atoms with Crippen LogP contribution in [0.2, 0.25) is 0 Å². The zero-order valence-corrected chi connectivity index (χ0v) is 9.93. The van der Waals surface area contributed by atoms with E-state index < -0.39 is 24.2 Å². The predicted molar refractivity (Wildman–Crippen MR) is 67.3 cm³/mol. The van der Waals surface area contributed by atoms with Crippen LogP contribution >= 0.6 is 31.9 Å². The first-order valence-corrected chi connectivity index (χ1v) is 5.21. The molecule has 0 spiro atoms. The number of hydrogen-bond donors (Lipinski definition) is 0. The third-order valence-corrected chi connectivity index (χ3v) is 2.23. The van der Waals surface area contributed by atoms with E-state index in [1.807, 2.05) is 0 Å². The van der Waals surface area contributed by atoms with E-state index in [9.17, 15) is 0 Å². The van der Waals surface area contributed by atoms with Crippen LogP contribution in [0.4, 0.5) is 0 Å². The molecular weight excluding hydrogens is 304 g/mol. The van der Waals surface area contributed by atoms with Crippen molar-refractivity contribution in [3.8, 4) is 11.1 Å². The van der Waals surface area contributed by atoms with E-state index in [-0.39, 0.29) is 44.2 Å². The molecule has 0 aliphatic carbocycles. The molecule has 0 heterocycles. The maximum Gasteiger partial charge on any atom is 0.0635 e. The average Bonchev–Trinajstić information content (AvgIpc) is 2.50. The van der Waals surface area contributed by atoms with Gasteiger partial charge in [-0.2, -0.15) is 0 Å². The van der Waals surface area contributed by atoms with Crippen LogP contribution in [0.1, 0.15) is 11.0 Å². The van der Waals surface area contributed by atoms with E-state index in [0.29, 0.717) is 0 Å². The highest BCUT2D eigenvalue weighted by molar-refractivity contribution is 9.10. The van der Waals surface area contributed by atoms with Gasteiger partial charge in [-0.1, -0.05) is 56.0 Å². The first kappa shape index (κ1) is 4.11. The van der Waals surface area contributed by atoms with Gasteiger partial charge in [0.05, 0.1) is 11.0 Å². The molecule has 14 heavy (non-hydrogen) atoms. The fraction of sp³-hybridized carbons (Fsp3) is 0. The molecule has 2 aromatic rings. The molecule has 70 valence electrons. The molecule has 2 rings (SSSR count). The smallest absolute Gasteiger partial charge is 0.0533 e. The lowest BCUT2D eigenvalue weighted by Crippen LogP contribution is -1.76. The molecule has 0 aliphatic heterocycles. The number of halogens is 2. The Labute approximate surface area is 111 Å². The number of hydrogen-bond acceptors (Lipinski definition) is 0. The summed E-state index contributed by atoms with van der Waals surface area (Å²) in [7, 11) is 0. The van der Waals surface area contributed by atoms with Crippen molar-refractivity contribution in [3.05, 3.63) is 57.3 Å². The Bertz CT molecular complexity index is 677. The minimum atomic E-state index is -0.420. The fourth-order valence-electron chi connectivity index (χ4n) is 0.844. The van der Waals surface area contributed by atoms with Gasteiger partial charge < -0.3 is 0 Å². The monoisotopic (exact) mass is 318 g/mol. The second-order valence-electron chi connectivity index (χ2n) is 2.38. The average molecular weight is 320 g/mol. The molecule has 0 unspecified atom stereocenters. The van der Waals surface area contributed by atoms with Crippen molar-refractivity contribution in [1.29, 1.82) is 0 Å². The molecule has 0 fully saturated rings. The Balaban J connectivity index is 3.03. The molecule has 0 saturated heterocycles. The van der Waals surface area contributed by atoms with E-state index in [1.165, 1.54) is 0 Å². The fourth-order valence-corrected chi connectivity index (χ4v) is 1.24. The Morgan fingerprint density at radius 2 is 0.929 bits per heavy atom. The second kappa shape index (κ2) is 4.28. The second-order valence-corrected chi connectivity index (χ2v) is 3.96. The van der Waals surface area contributed by atoms with E-state index in [0.717, 1.165) is 0 Å². The van der Waals surface area contributed by atoms with Crippen LogP contribution in [0, 0.1) is 0 Å². The minimum absolute atomic E-state index is 0.0152. The van der Waals surface area contributed by atoms with Crippen LogP contribution in [0.3, 0.4) is 0 Å². The molecule has 0 N–H and O–H groups in total. The van der Waals surface area contributed by atoms with Crippen LogP contribution in [0.15, 0.2) is 57.3 Å². The van der Waals surface area contributed by atoms with Gasteiger partial charge in [0.15, 0.2) is 0 Å². The molecule has 0 bridgehead atoms. The lowest BCUT2D eigenvalue weighted by Gasteiger charge is -2.01. The topological polar surface area (TPSA) is 0 Å². The third-order valence-electron chi connectivity index (χ3n) is 1.44. The molecule has 0 radical (unpaired) electrons. The number of rotatable bonds is 1. The van der Waals surface area contributed by atoms with E-state index in [1.54, 1.807) is 0 Å². The Morgan fingerprint density at radius 1 is 0.643 bits per heavy atom. The van der Waals surface area contributed by atoms with Gasteiger partial charge in [0, 0.05) is 8.95 Å². The van der Waals surface area contributed by atoms with Gasteiger partial charge >= 0.3 is 0 Å². The summed E-state index contributed by atoms with van der Waals surface area (Å²) < 4.78 is 63.1. The highest BCUT2D eigenvalue weighted by Gasteiger charge is 1.96. The summed E-state index contributed by atoms with van der Waals surface area (Å²) in [5.74, 6) is 0. The number of benzene rings is 2. The summed E-state index contributed by atoms with van der Waals surface area (Å²) in [6, 6.07) is -3.03. The van der Waals surface area contributed by atoms with Crippen LogP contribution < -0.4 is 0 Å². The molecule has 0 nitrogen and oxygen atoms in total. The third kappa shape index (κ3) is 2.25. The van der Waals surface area contributed by atoms with Crippen molar-refractivity contribution in [2.24, 2.45) is 0 Å². The lowest BCUT2D eigenvalue weighted by atomic mass is 10.1. The molecule has 0 saturated carbocycles. The maximum atomic E-state index is 7.98. The quantitative estimate of drug-likeness (QED) is 0.703. The minimum Gasteiger partial charge on any atom is -0.0533 e. The maximum absolute atomic E-state index is 7.98. The molecule has 0 atom stereocenters. The standard InChI is InChI=1S/C12H8Br2/c13-11-5-1-9(2-6-11)10-3-7-12(14)8-4-10/h1-8H/i1D,2D,3D,4D,5D,6D,7D,8D. The zero-order valence-electron chi connectivity index (χ0n) is 14.8. The summed E-state index contributed by atoms with van der Waals surface area (Å²) in [4.78, 5) is 0. The SMILES string of the molecule is [2H]c1c([2H])c(-c2c([2H])c([2H])c(Br)c([2H])c2[2H])c([2H])c([2H])c1Br. The summed E-state index contributed by atoms with van der Waals surface area (Å²) in [5.41, 5.74) is -0.495. The van der Waals surface area contributed by atoms with E-state index in [2.05, 4.69) is 31.9 Å². The highest BCUT2D eigenvalue weighted by Crippen LogP contribution is 2.23. The Kier molecular flexibility index (Phi) is 1.26. The first-order valence-electron chi connectivity index (χ1n) is 7.63. The van der Waals surface area contributed by atoms with E-state index >= 15 is 0 Å². The molecule has 0 aliphatic rings. The van der Waals surface area contributed by atoms with Gasteiger partial charge in [-0.05, 0) is 35.3 Å². The first-order chi connectivity index (χ1) is 10.1. The predicted octanol–water partition coefficient (Wildman–Crippen LogP) is 4.88. The van der Waals surface area contributed by atoms with Gasteiger partial charge in [-0.15, -0.1) is 0 Å². The van der Waals surface area contributed by atoms with Crippen molar-refractivity contribution in [2.75, 3.05) is 0 Å². The van der Waals surface area contributed by atoms with Gasteiger partial charge in [0.25, 0.3) is 0 Å². The van der Waals surface area contributed by atoms with Gasteiger partial charge in [-0.25, -0.2) is 0 Å². The molecule has 2 aromatic carbocycles. The van der Waals surface area contributed by atoms with Crippen molar-refractivity contribution >= 4 is 31.9 Å². The van der Waals surface area contributed by atoms with Crippen molar-refractivity contribution in [2.45, 2.75) is 0 Å². The molecular formula is C12H8Br2. The molecule has 2 heteroatoms. The zero-order chi connectivity index (χ0) is 16.9. The van der Waals surface area contributed by atoms with Gasteiger partial charge in [-0.3, -0.25) is 0 Å².